The molecule has 2 heterocycles. The summed E-state index contributed by atoms with van der Waals surface area (Å²) in [4.78, 5) is 12.9. The third-order valence-corrected chi connectivity index (χ3v) is 4.79. The van der Waals surface area contributed by atoms with Gasteiger partial charge in [0.2, 0.25) is 0 Å². The highest BCUT2D eigenvalue weighted by Crippen LogP contribution is 2.33. The van der Waals surface area contributed by atoms with Gasteiger partial charge in [-0.1, -0.05) is 6.07 Å². The summed E-state index contributed by atoms with van der Waals surface area (Å²) in [6.45, 7) is 0. The Kier molecular flexibility index (Phi) is 4.57. The Morgan fingerprint density at radius 2 is 2.00 bits per heavy atom. The molecule has 4 rings (SSSR count). The molecule has 6 nitrogen and oxygen atoms in total. The van der Waals surface area contributed by atoms with Crippen molar-refractivity contribution < 1.29 is 8.78 Å². The summed E-state index contributed by atoms with van der Waals surface area (Å²) in [6, 6.07) is 7.84. The molecule has 2 atom stereocenters. The Morgan fingerprint density at radius 1 is 1.15 bits per heavy atom. The van der Waals surface area contributed by atoms with E-state index in [9.17, 15) is 8.78 Å². The molecule has 0 saturated heterocycles. The van der Waals surface area contributed by atoms with Gasteiger partial charge in [0.25, 0.3) is 5.92 Å². The van der Waals surface area contributed by atoms with Crippen molar-refractivity contribution in [3.05, 3.63) is 48.9 Å². The average molecular weight is 370 g/mol. The summed E-state index contributed by atoms with van der Waals surface area (Å²) in [5.41, 5.74) is 7.47. The molecule has 27 heavy (non-hydrogen) atoms. The highest BCUT2D eigenvalue weighted by atomic mass is 19.3. The molecule has 0 aliphatic heterocycles. The van der Waals surface area contributed by atoms with Crippen molar-refractivity contribution >= 4 is 28.2 Å². The fourth-order valence-electron chi connectivity index (χ4n) is 3.35. The first-order valence-corrected chi connectivity index (χ1v) is 8.85. The zero-order chi connectivity index (χ0) is 18.9. The Labute approximate surface area is 155 Å². The van der Waals surface area contributed by atoms with E-state index in [0.29, 0.717) is 24.5 Å². The number of nitrogens with one attached hydrogen (secondary N) is 2. The third-order valence-electron chi connectivity index (χ3n) is 4.79. The normalized spacial score (nSPS) is 21.7. The van der Waals surface area contributed by atoms with Crippen molar-refractivity contribution in [1.29, 1.82) is 0 Å². The summed E-state index contributed by atoms with van der Waals surface area (Å²) < 4.78 is 27.7. The van der Waals surface area contributed by atoms with Crippen LogP contribution in [0.1, 0.15) is 19.3 Å². The molecule has 0 bridgehead atoms. The number of nitrogens with zero attached hydrogens (tertiary/aromatic N) is 3. The SMILES string of the molecule is N[C@@H]1[C@H](Nc2cncc(Nc3ccc4ncccc4c3)n2)CCCC1(F)F. The van der Waals surface area contributed by atoms with E-state index in [2.05, 4.69) is 25.6 Å². The molecule has 1 fully saturated rings. The number of benzene rings is 1. The number of nitrogens with two attached hydrogens (primary N) is 1. The number of pyridine rings is 1. The zero-order valence-electron chi connectivity index (χ0n) is 14.6. The van der Waals surface area contributed by atoms with E-state index in [0.717, 1.165) is 16.6 Å². The number of halogens is 2. The van der Waals surface area contributed by atoms with Gasteiger partial charge in [-0.2, -0.15) is 0 Å². The monoisotopic (exact) mass is 370 g/mol. The first kappa shape index (κ1) is 17.5. The van der Waals surface area contributed by atoms with Crippen LogP contribution in [0.4, 0.5) is 26.1 Å². The first-order chi connectivity index (χ1) is 13.0. The molecule has 1 aromatic carbocycles. The van der Waals surface area contributed by atoms with E-state index in [1.54, 1.807) is 12.4 Å². The van der Waals surface area contributed by atoms with Crippen LogP contribution in [0.3, 0.4) is 0 Å². The largest absolute Gasteiger partial charge is 0.364 e. The smallest absolute Gasteiger partial charge is 0.264 e. The number of alkyl halides is 2. The predicted octanol–water partition coefficient (Wildman–Crippen LogP) is 3.70. The maximum atomic E-state index is 13.8. The molecular weight excluding hydrogens is 350 g/mol. The lowest BCUT2D eigenvalue weighted by atomic mass is 9.87. The van der Waals surface area contributed by atoms with Gasteiger partial charge in [0.05, 0.1) is 24.0 Å². The number of rotatable bonds is 4. The molecule has 0 unspecified atom stereocenters. The van der Waals surface area contributed by atoms with E-state index in [1.807, 2.05) is 30.3 Å². The second-order valence-corrected chi connectivity index (χ2v) is 6.76. The molecule has 0 amide bonds. The van der Waals surface area contributed by atoms with Crippen LogP contribution in [0.15, 0.2) is 48.9 Å². The van der Waals surface area contributed by atoms with Crippen LogP contribution >= 0.6 is 0 Å². The van der Waals surface area contributed by atoms with E-state index in [1.165, 1.54) is 6.20 Å². The molecule has 1 aliphatic rings. The van der Waals surface area contributed by atoms with Gasteiger partial charge in [0, 0.05) is 29.7 Å². The predicted molar refractivity (Wildman–Crippen MR) is 101 cm³/mol. The van der Waals surface area contributed by atoms with Crippen molar-refractivity contribution in [2.45, 2.75) is 37.3 Å². The van der Waals surface area contributed by atoms with Crippen molar-refractivity contribution in [2.24, 2.45) is 5.73 Å². The summed E-state index contributed by atoms with van der Waals surface area (Å²) in [7, 11) is 0. The summed E-state index contributed by atoms with van der Waals surface area (Å²) in [5, 5.41) is 7.19. The van der Waals surface area contributed by atoms with Crippen LogP contribution in [0.25, 0.3) is 10.9 Å². The van der Waals surface area contributed by atoms with Gasteiger partial charge < -0.3 is 16.4 Å². The Bertz CT molecular complexity index is 948. The van der Waals surface area contributed by atoms with Gasteiger partial charge in [-0.25, -0.2) is 13.8 Å². The maximum absolute atomic E-state index is 13.8. The molecular formula is C19H20F2N6. The number of fused-ring (bicyclic) bond motifs is 1. The fraction of sp³-hybridized carbons (Fsp3) is 0.316. The van der Waals surface area contributed by atoms with Crippen molar-refractivity contribution in [3.63, 3.8) is 0 Å². The molecule has 3 aromatic rings. The molecule has 4 N–H and O–H groups in total. The zero-order valence-corrected chi connectivity index (χ0v) is 14.6. The number of anilines is 3. The Morgan fingerprint density at radius 3 is 2.89 bits per heavy atom. The maximum Gasteiger partial charge on any atom is 0.264 e. The molecule has 140 valence electrons. The minimum absolute atomic E-state index is 0.170. The Balaban J connectivity index is 1.50. The van der Waals surface area contributed by atoms with E-state index in [-0.39, 0.29) is 6.42 Å². The van der Waals surface area contributed by atoms with Gasteiger partial charge in [-0.05, 0) is 37.1 Å². The summed E-state index contributed by atoms with van der Waals surface area (Å²) in [5.74, 6) is -1.93. The highest BCUT2D eigenvalue weighted by Gasteiger charge is 2.44. The van der Waals surface area contributed by atoms with Gasteiger partial charge in [0.15, 0.2) is 5.82 Å². The van der Waals surface area contributed by atoms with Crippen LogP contribution in [0.2, 0.25) is 0 Å². The van der Waals surface area contributed by atoms with Gasteiger partial charge in [-0.15, -0.1) is 0 Å². The van der Waals surface area contributed by atoms with Crippen LogP contribution < -0.4 is 16.4 Å². The number of hydrogen-bond donors (Lipinski definition) is 3. The minimum Gasteiger partial charge on any atom is -0.364 e. The van der Waals surface area contributed by atoms with Crippen LogP contribution in [-0.4, -0.2) is 33.0 Å². The number of hydrogen-bond acceptors (Lipinski definition) is 6. The van der Waals surface area contributed by atoms with E-state index in [4.69, 9.17) is 5.73 Å². The van der Waals surface area contributed by atoms with Crippen LogP contribution in [0.5, 0.6) is 0 Å². The lowest BCUT2D eigenvalue weighted by molar-refractivity contribution is -0.0554. The highest BCUT2D eigenvalue weighted by molar-refractivity contribution is 5.83. The molecule has 1 aliphatic carbocycles. The lowest BCUT2D eigenvalue weighted by Crippen LogP contribution is -2.55. The molecule has 0 spiro atoms. The summed E-state index contributed by atoms with van der Waals surface area (Å²) >= 11 is 0. The molecule has 8 heteroatoms. The van der Waals surface area contributed by atoms with Crippen LogP contribution in [-0.2, 0) is 0 Å². The fourth-order valence-corrected chi connectivity index (χ4v) is 3.35. The number of aromatic nitrogens is 3. The van der Waals surface area contributed by atoms with E-state index >= 15 is 0 Å². The second-order valence-electron chi connectivity index (χ2n) is 6.76. The van der Waals surface area contributed by atoms with Gasteiger partial charge >= 0.3 is 0 Å². The van der Waals surface area contributed by atoms with Gasteiger partial charge in [0.1, 0.15) is 5.82 Å². The minimum atomic E-state index is -2.86. The van der Waals surface area contributed by atoms with Crippen molar-refractivity contribution in [2.75, 3.05) is 10.6 Å². The summed E-state index contributed by atoms with van der Waals surface area (Å²) in [6.07, 6.45) is 5.66. The standard InChI is InChI=1S/C19H20F2N6/c20-19(21)7-1-4-15(18(19)22)26-17-11-23-10-16(27-17)25-13-5-6-14-12(9-13)3-2-8-24-14/h2-3,5-6,8-11,15,18H,1,4,7,22H2,(H2,25,26,27)/t15-,18-/m1/s1. The van der Waals surface area contributed by atoms with Crippen LogP contribution in [0, 0.1) is 0 Å². The Hall–Kier alpha value is -2.87. The molecule has 2 aromatic heterocycles. The first-order valence-electron chi connectivity index (χ1n) is 8.85. The van der Waals surface area contributed by atoms with Crippen molar-refractivity contribution in [3.8, 4) is 0 Å². The quantitative estimate of drug-likeness (QED) is 0.649. The third kappa shape index (κ3) is 3.80. The molecule has 1 saturated carbocycles. The van der Waals surface area contributed by atoms with E-state index < -0.39 is 18.0 Å². The average Bonchev–Trinajstić information content (AvgIpc) is 2.66. The topological polar surface area (TPSA) is 88.8 Å². The lowest BCUT2D eigenvalue weighted by Gasteiger charge is -2.36. The second kappa shape index (κ2) is 7.03. The van der Waals surface area contributed by atoms with Gasteiger partial charge in [-0.3, -0.25) is 9.97 Å². The molecule has 0 radical (unpaired) electrons. The van der Waals surface area contributed by atoms with Crippen molar-refractivity contribution in [1.82, 2.24) is 15.0 Å².